The molecule has 0 unspecified atom stereocenters. The standard InChI is InChI=1S/C10H18N2O2/c1-11-6-8-12(9-7-11)5-3-2-4-10(13)14/h2-3H,4-9H2,1H3,(H,13,14)/b3-2+. The Hall–Kier alpha value is -0.870. The molecule has 1 aliphatic heterocycles. The molecular formula is C10H18N2O2. The average molecular weight is 198 g/mol. The molecule has 4 heteroatoms. The highest BCUT2D eigenvalue weighted by Gasteiger charge is 2.11. The highest BCUT2D eigenvalue weighted by atomic mass is 16.4. The Morgan fingerprint density at radius 3 is 2.50 bits per heavy atom. The predicted octanol–water partition coefficient (Wildman–Crippen LogP) is 0.265. The van der Waals surface area contributed by atoms with E-state index in [-0.39, 0.29) is 6.42 Å². The summed E-state index contributed by atoms with van der Waals surface area (Å²) in [6.45, 7) is 5.24. The molecule has 80 valence electrons. The number of carboxylic acids is 1. The first kappa shape index (κ1) is 11.2. The summed E-state index contributed by atoms with van der Waals surface area (Å²) < 4.78 is 0. The maximum absolute atomic E-state index is 10.2. The molecule has 1 saturated heterocycles. The van der Waals surface area contributed by atoms with E-state index in [1.165, 1.54) is 0 Å². The lowest BCUT2D eigenvalue weighted by Gasteiger charge is -2.31. The second-order valence-corrected chi connectivity index (χ2v) is 3.67. The zero-order valence-corrected chi connectivity index (χ0v) is 8.65. The molecule has 0 amide bonds. The molecule has 14 heavy (non-hydrogen) atoms. The van der Waals surface area contributed by atoms with Gasteiger partial charge in [-0.05, 0) is 7.05 Å². The fourth-order valence-electron chi connectivity index (χ4n) is 1.44. The number of nitrogens with zero attached hydrogens (tertiary/aromatic N) is 2. The normalized spacial score (nSPS) is 20.4. The minimum Gasteiger partial charge on any atom is -0.481 e. The van der Waals surface area contributed by atoms with Gasteiger partial charge in [-0.15, -0.1) is 0 Å². The van der Waals surface area contributed by atoms with Crippen LogP contribution in [-0.4, -0.2) is 60.6 Å². The van der Waals surface area contributed by atoms with Gasteiger partial charge in [0.2, 0.25) is 0 Å². The molecule has 4 nitrogen and oxygen atoms in total. The number of hydrogen-bond acceptors (Lipinski definition) is 3. The molecular weight excluding hydrogens is 180 g/mol. The van der Waals surface area contributed by atoms with Gasteiger partial charge in [-0.1, -0.05) is 12.2 Å². The van der Waals surface area contributed by atoms with E-state index in [0.29, 0.717) is 0 Å². The maximum atomic E-state index is 10.2. The fraction of sp³-hybridized carbons (Fsp3) is 0.700. The van der Waals surface area contributed by atoms with Gasteiger partial charge in [0.1, 0.15) is 0 Å². The van der Waals surface area contributed by atoms with Crippen LogP contribution >= 0.6 is 0 Å². The van der Waals surface area contributed by atoms with Crippen molar-refractivity contribution in [2.45, 2.75) is 6.42 Å². The zero-order chi connectivity index (χ0) is 10.4. The summed E-state index contributed by atoms with van der Waals surface area (Å²) in [5, 5.41) is 8.41. The Morgan fingerprint density at radius 2 is 1.93 bits per heavy atom. The molecule has 1 N–H and O–H groups in total. The topological polar surface area (TPSA) is 43.8 Å². The van der Waals surface area contributed by atoms with E-state index in [9.17, 15) is 4.79 Å². The summed E-state index contributed by atoms with van der Waals surface area (Å²) in [5.41, 5.74) is 0. The third-order valence-electron chi connectivity index (χ3n) is 2.42. The van der Waals surface area contributed by atoms with E-state index in [0.717, 1.165) is 32.7 Å². The smallest absolute Gasteiger partial charge is 0.307 e. The third kappa shape index (κ3) is 4.39. The predicted molar refractivity (Wildman–Crippen MR) is 55.3 cm³/mol. The van der Waals surface area contributed by atoms with Crippen LogP contribution in [0.1, 0.15) is 6.42 Å². The average Bonchev–Trinajstić information content (AvgIpc) is 2.15. The van der Waals surface area contributed by atoms with Crippen molar-refractivity contribution >= 4 is 5.97 Å². The van der Waals surface area contributed by atoms with Gasteiger partial charge in [-0.2, -0.15) is 0 Å². The number of rotatable bonds is 4. The van der Waals surface area contributed by atoms with Crippen molar-refractivity contribution in [3.8, 4) is 0 Å². The molecule has 0 saturated carbocycles. The van der Waals surface area contributed by atoms with Gasteiger partial charge in [0.05, 0.1) is 6.42 Å². The highest BCUT2D eigenvalue weighted by Crippen LogP contribution is 1.98. The van der Waals surface area contributed by atoms with Gasteiger partial charge in [-0.25, -0.2) is 0 Å². The molecule has 1 fully saturated rings. The van der Waals surface area contributed by atoms with Crippen molar-refractivity contribution in [3.63, 3.8) is 0 Å². The third-order valence-corrected chi connectivity index (χ3v) is 2.42. The summed E-state index contributed by atoms with van der Waals surface area (Å²) in [4.78, 5) is 14.9. The van der Waals surface area contributed by atoms with Crippen LogP contribution in [0.2, 0.25) is 0 Å². The molecule has 1 rings (SSSR count). The number of carbonyl (C=O) groups is 1. The summed E-state index contributed by atoms with van der Waals surface area (Å²) in [7, 11) is 2.12. The number of carboxylic acid groups (broad SMARTS) is 1. The first-order valence-corrected chi connectivity index (χ1v) is 4.96. The first-order valence-electron chi connectivity index (χ1n) is 4.96. The van der Waals surface area contributed by atoms with Crippen LogP contribution in [-0.2, 0) is 4.79 Å². The monoisotopic (exact) mass is 198 g/mol. The molecule has 0 aromatic heterocycles. The van der Waals surface area contributed by atoms with E-state index >= 15 is 0 Å². The maximum Gasteiger partial charge on any atom is 0.307 e. The highest BCUT2D eigenvalue weighted by molar-refractivity contribution is 5.68. The minimum absolute atomic E-state index is 0.133. The summed E-state index contributed by atoms with van der Waals surface area (Å²) in [6, 6.07) is 0. The summed E-state index contributed by atoms with van der Waals surface area (Å²) >= 11 is 0. The van der Waals surface area contributed by atoms with Crippen LogP contribution in [0.4, 0.5) is 0 Å². The van der Waals surface area contributed by atoms with E-state index in [2.05, 4.69) is 16.8 Å². The number of piperazine rings is 1. The molecule has 0 aromatic rings. The Labute approximate surface area is 84.8 Å². The van der Waals surface area contributed by atoms with Gasteiger partial charge < -0.3 is 10.0 Å². The van der Waals surface area contributed by atoms with Crippen LogP contribution in [0, 0.1) is 0 Å². The Balaban J connectivity index is 2.12. The molecule has 1 heterocycles. The quantitative estimate of drug-likeness (QED) is 0.658. The first-order chi connectivity index (χ1) is 6.68. The second-order valence-electron chi connectivity index (χ2n) is 3.67. The van der Waals surface area contributed by atoms with E-state index in [4.69, 9.17) is 5.11 Å². The van der Waals surface area contributed by atoms with Gasteiger partial charge in [-0.3, -0.25) is 9.69 Å². The van der Waals surface area contributed by atoms with E-state index < -0.39 is 5.97 Å². The Morgan fingerprint density at radius 1 is 1.29 bits per heavy atom. The van der Waals surface area contributed by atoms with Gasteiger partial charge in [0, 0.05) is 32.7 Å². The lowest BCUT2D eigenvalue weighted by atomic mass is 10.3. The molecule has 0 aliphatic carbocycles. The number of aliphatic carboxylic acids is 1. The number of likely N-dealkylation sites (N-methyl/N-ethyl adjacent to an activating group) is 1. The molecule has 0 radical (unpaired) electrons. The molecule has 0 aromatic carbocycles. The zero-order valence-electron chi connectivity index (χ0n) is 8.65. The van der Waals surface area contributed by atoms with Crippen molar-refractivity contribution < 1.29 is 9.90 Å². The summed E-state index contributed by atoms with van der Waals surface area (Å²) in [6.07, 6.45) is 3.80. The Kier molecular flexibility index (Phi) is 4.62. The van der Waals surface area contributed by atoms with Crippen molar-refractivity contribution in [2.24, 2.45) is 0 Å². The van der Waals surface area contributed by atoms with Crippen molar-refractivity contribution in [1.82, 2.24) is 9.80 Å². The van der Waals surface area contributed by atoms with Gasteiger partial charge in [0.25, 0.3) is 0 Å². The Bertz CT molecular complexity index is 208. The molecule has 0 bridgehead atoms. The van der Waals surface area contributed by atoms with Gasteiger partial charge >= 0.3 is 5.97 Å². The number of hydrogen-bond donors (Lipinski definition) is 1. The van der Waals surface area contributed by atoms with Crippen molar-refractivity contribution in [3.05, 3.63) is 12.2 Å². The summed E-state index contributed by atoms with van der Waals surface area (Å²) in [5.74, 6) is -0.764. The van der Waals surface area contributed by atoms with Crippen LogP contribution < -0.4 is 0 Å². The second kappa shape index (κ2) is 5.78. The van der Waals surface area contributed by atoms with Crippen LogP contribution in [0.25, 0.3) is 0 Å². The molecule has 1 aliphatic rings. The largest absolute Gasteiger partial charge is 0.481 e. The van der Waals surface area contributed by atoms with Crippen LogP contribution in [0.5, 0.6) is 0 Å². The SMILES string of the molecule is CN1CCN(C/C=C/CC(=O)O)CC1. The van der Waals surface area contributed by atoms with Crippen LogP contribution in [0.3, 0.4) is 0 Å². The van der Waals surface area contributed by atoms with E-state index in [1.54, 1.807) is 6.08 Å². The van der Waals surface area contributed by atoms with Gasteiger partial charge in [0.15, 0.2) is 0 Å². The van der Waals surface area contributed by atoms with E-state index in [1.807, 2.05) is 6.08 Å². The lowest BCUT2D eigenvalue weighted by molar-refractivity contribution is -0.136. The lowest BCUT2D eigenvalue weighted by Crippen LogP contribution is -2.44. The van der Waals surface area contributed by atoms with Crippen LogP contribution in [0.15, 0.2) is 12.2 Å². The minimum atomic E-state index is -0.764. The van der Waals surface area contributed by atoms with Crippen molar-refractivity contribution in [1.29, 1.82) is 0 Å². The molecule has 0 atom stereocenters. The fourth-order valence-corrected chi connectivity index (χ4v) is 1.44. The molecule has 0 spiro atoms. The van der Waals surface area contributed by atoms with Crippen molar-refractivity contribution in [2.75, 3.05) is 39.8 Å².